The molecule has 0 aliphatic heterocycles. The molecule has 1 aromatic carbocycles. The normalized spacial score (nSPS) is 10.1. The maximum Gasteiger partial charge on any atom is 0.260 e. The number of aldehydes is 1. The van der Waals surface area contributed by atoms with Gasteiger partial charge in [0.15, 0.2) is 0 Å². The molecule has 3 nitrogen and oxygen atoms in total. The highest BCUT2D eigenvalue weighted by Gasteiger charge is 2.07. The molecule has 1 heterocycles. The molecule has 0 unspecified atom stereocenters. The molecular weight excluding hydrogens is 246 g/mol. The number of benzene rings is 1. The lowest BCUT2D eigenvalue weighted by molar-refractivity contribution is 0.109. The van der Waals surface area contributed by atoms with E-state index in [1.807, 2.05) is 24.3 Å². The predicted octanol–water partition coefficient (Wildman–Crippen LogP) is 2.92. The van der Waals surface area contributed by atoms with E-state index in [1.54, 1.807) is 0 Å². The maximum absolute atomic E-state index is 10.4. The van der Waals surface area contributed by atoms with Gasteiger partial charge in [-0.15, -0.1) is 0 Å². The van der Waals surface area contributed by atoms with Crippen molar-refractivity contribution in [3.63, 3.8) is 0 Å². The second-order valence-corrected chi connectivity index (χ2v) is 3.52. The van der Waals surface area contributed by atoms with E-state index in [0.29, 0.717) is 12.0 Å². The summed E-state index contributed by atoms with van der Waals surface area (Å²) in [6.07, 6.45) is 2.05. The molecule has 0 N–H and O–H groups in total. The van der Waals surface area contributed by atoms with Gasteiger partial charge in [-0.1, -0.05) is 34.1 Å². The number of aromatic nitrogens is 1. The zero-order chi connectivity index (χ0) is 9.97. The molecule has 0 saturated heterocycles. The Morgan fingerprint density at radius 3 is 2.79 bits per heavy atom. The fourth-order valence-corrected chi connectivity index (χ4v) is 1.62. The summed E-state index contributed by atoms with van der Waals surface area (Å²) in [4.78, 5) is 14.4. The van der Waals surface area contributed by atoms with Crippen LogP contribution < -0.4 is 0 Å². The van der Waals surface area contributed by atoms with Crippen molar-refractivity contribution >= 4 is 22.2 Å². The van der Waals surface area contributed by atoms with E-state index in [9.17, 15) is 4.79 Å². The van der Waals surface area contributed by atoms with Gasteiger partial charge in [-0.05, 0) is 6.07 Å². The molecule has 2 aromatic rings. The third-order valence-corrected chi connectivity index (χ3v) is 2.46. The van der Waals surface area contributed by atoms with E-state index in [-0.39, 0.29) is 5.89 Å². The smallest absolute Gasteiger partial charge is 0.260 e. The molecule has 0 amide bonds. The summed E-state index contributed by atoms with van der Waals surface area (Å²) in [7, 11) is 0. The Kier molecular flexibility index (Phi) is 2.45. The first kappa shape index (κ1) is 9.15. The van der Waals surface area contributed by atoms with Gasteiger partial charge >= 0.3 is 0 Å². The molecule has 0 radical (unpaired) electrons. The second kappa shape index (κ2) is 3.75. The Morgan fingerprint density at radius 2 is 2.14 bits per heavy atom. The van der Waals surface area contributed by atoms with Gasteiger partial charge in [-0.2, -0.15) is 0 Å². The van der Waals surface area contributed by atoms with Crippen LogP contribution in [0.2, 0.25) is 0 Å². The Hall–Kier alpha value is -1.42. The van der Waals surface area contributed by atoms with Gasteiger partial charge in [0.25, 0.3) is 5.89 Å². The number of carbonyl (C=O) groups is 1. The van der Waals surface area contributed by atoms with Gasteiger partial charge in [-0.3, -0.25) is 4.79 Å². The number of oxazole rings is 1. The van der Waals surface area contributed by atoms with Crippen LogP contribution in [0.1, 0.15) is 10.7 Å². The molecule has 0 atom stereocenters. The zero-order valence-corrected chi connectivity index (χ0v) is 8.69. The van der Waals surface area contributed by atoms with Gasteiger partial charge in [0, 0.05) is 10.0 Å². The summed E-state index contributed by atoms with van der Waals surface area (Å²) in [6.45, 7) is 0. The number of hydrogen-bond donors (Lipinski definition) is 0. The van der Waals surface area contributed by atoms with E-state index in [4.69, 9.17) is 4.42 Å². The molecule has 0 aliphatic rings. The number of halogens is 1. The van der Waals surface area contributed by atoms with Crippen LogP contribution in [0.25, 0.3) is 11.3 Å². The highest BCUT2D eigenvalue weighted by molar-refractivity contribution is 9.10. The van der Waals surface area contributed by atoms with Crippen molar-refractivity contribution in [2.24, 2.45) is 0 Å². The number of carbonyl (C=O) groups excluding carboxylic acids is 1. The van der Waals surface area contributed by atoms with Crippen LogP contribution in [0.4, 0.5) is 0 Å². The molecule has 0 fully saturated rings. The fourth-order valence-electron chi connectivity index (χ4n) is 1.13. The third kappa shape index (κ3) is 1.61. The van der Waals surface area contributed by atoms with Crippen molar-refractivity contribution in [3.05, 3.63) is 40.9 Å². The molecular formula is C10H6BrNO2. The fraction of sp³-hybridized carbons (Fsp3) is 0. The molecule has 14 heavy (non-hydrogen) atoms. The van der Waals surface area contributed by atoms with Crippen LogP contribution in [0.5, 0.6) is 0 Å². The lowest BCUT2D eigenvalue weighted by atomic mass is 10.2. The Bertz CT molecular complexity index is 465. The third-order valence-electron chi connectivity index (χ3n) is 1.77. The topological polar surface area (TPSA) is 43.1 Å². The summed E-state index contributed by atoms with van der Waals surface area (Å²) in [5.74, 6) is 0.0933. The molecule has 70 valence electrons. The van der Waals surface area contributed by atoms with Crippen molar-refractivity contribution in [2.45, 2.75) is 0 Å². The van der Waals surface area contributed by atoms with Crippen molar-refractivity contribution in [3.8, 4) is 11.3 Å². The van der Waals surface area contributed by atoms with Crippen LogP contribution in [-0.2, 0) is 0 Å². The molecule has 0 saturated carbocycles. The first-order valence-electron chi connectivity index (χ1n) is 3.97. The van der Waals surface area contributed by atoms with E-state index in [2.05, 4.69) is 20.9 Å². The van der Waals surface area contributed by atoms with Crippen LogP contribution in [0.3, 0.4) is 0 Å². The van der Waals surface area contributed by atoms with E-state index in [0.717, 1.165) is 10.0 Å². The van der Waals surface area contributed by atoms with Crippen molar-refractivity contribution < 1.29 is 9.21 Å². The minimum atomic E-state index is 0.0933. The largest absolute Gasteiger partial charge is 0.442 e. The lowest BCUT2D eigenvalue weighted by Crippen LogP contribution is -1.81. The Balaban J connectivity index is 2.49. The van der Waals surface area contributed by atoms with Gasteiger partial charge in [0.1, 0.15) is 12.0 Å². The predicted molar refractivity (Wildman–Crippen MR) is 55.0 cm³/mol. The number of rotatable bonds is 2. The van der Waals surface area contributed by atoms with E-state index >= 15 is 0 Å². The van der Waals surface area contributed by atoms with Crippen LogP contribution in [0.15, 0.2) is 39.4 Å². The maximum atomic E-state index is 10.4. The molecule has 0 aliphatic carbocycles. The summed E-state index contributed by atoms with van der Waals surface area (Å²) < 4.78 is 5.85. The molecule has 0 bridgehead atoms. The van der Waals surface area contributed by atoms with E-state index in [1.165, 1.54) is 6.26 Å². The highest BCUT2D eigenvalue weighted by atomic mass is 79.9. The summed E-state index contributed by atoms with van der Waals surface area (Å²) in [5.41, 5.74) is 1.56. The SMILES string of the molecule is O=Cc1nc(-c2ccccc2Br)co1. The highest BCUT2D eigenvalue weighted by Crippen LogP contribution is 2.26. The standard InChI is InChI=1S/C10H6BrNO2/c11-8-4-2-1-3-7(8)9-6-14-10(5-13)12-9/h1-6H. The van der Waals surface area contributed by atoms with Gasteiger partial charge in [-0.25, -0.2) is 4.98 Å². The Morgan fingerprint density at radius 1 is 1.36 bits per heavy atom. The molecule has 1 aromatic heterocycles. The summed E-state index contributed by atoms with van der Waals surface area (Å²) in [5, 5.41) is 0. The van der Waals surface area contributed by atoms with Gasteiger partial charge in [0.2, 0.25) is 6.29 Å². The summed E-state index contributed by atoms with van der Waals surface area (Å²) in [6, 6.07) is 7.62. The van der Waals surface area contributed by atoms with Gasteiger partial charge in [0.05, 0.1) is 0 Å². The van der Waals surface area contributed by atoms with Crippen molar-refractivity contribution in [1.29, 1.82) is 0 Å². The molecule has 4 heteroatoms. The van der Waals surface area contributed by atoms with Crippen LogP contribution in [-0.4, -0.2) is 11.3 Å². The number of hydrogen-bond acceptors (Lipinski definition) is 3. The summed E-state index contributed by atoms with van der Waals surface area (Å²) >= 11 is 3.39. The quantitative estimate of drug-likeness (QED) is 0.771. The minimum Gasteiger partial charge on any atom is -0.442 e. The average molecular weight is 252 g/mol. The monoisotopic (exact) mass is 251 g/mol. The first-order valence-corrected chi connectivity index (χ1v) is 4.76. The van der Waals surface area contributed by atoms with Crippen molar-refractivity contribution in [2.75, 3.05) is 0 Å². The molecule has 2 rings (SSSR count). The second-order valence-electron chi connectivity index (χ2n) is 2.67. The van der Waals surface area contributed by atoms with Gasteiger partial charge < -0.3 is 4.42 Å². The van der Waals surface area contributed by atoms with E-state index < -0.39 is 0 Å². The lowest BCUT2D eigenvalue weighted by Gasteiger charge is -1.97. The van der Waals surface area contributed by atoms with Crippen molar-refractivity contribution in [1.82, 2.24) is 4.98 Å². The average Bonchev–Trinajstić information content (AvgIpc) is 2.67. The first-order chi connectivity index (χ1) is 6.81. The minimum absolute atomic E-state index is 0.0933. The molecule has 0 spiro atoms. The number of nitrogens with zero attached hydrogens (tertiary/aromatic N) is 1. The van der Waals surface area contributed by atoms with Crippen LogP contribution >= 0.6 is 15.9 Å². The zero-order valence-electron chi connectivity index (χ0n) is 7.11. The van der Waals surface area contributed by atoms with Crippen LogP contribution in [0, 0.1) is 0 Å². The Labute approximate surface area is 88.9 Å².